The fourth-order valence-electron chi connectivity index (χ4n) is 1.95. The molecule has 5 nitrogen and oxygen atoms in total. The zero-order chi connectivity index (χ0) is 14.8. The lowest BCUT2D eigenvalue weighted by Crippen LogP contribution is -2.31. The molecule has 0 aromatic heterocycles. The van der Waals surface area contributed by atoms with Crippen molar-refractivity contribution in [1.82, 2.24) is 5.32 Å². The van der Waals surface area contributed by atoms with Crippen LogP contribution in [0.25, 0.3) is 0 Å². The van der Waals surface area contributed by atoms with Crippen LogP contribution in [0, 0.1) is 0 Å². The van der Waals surface area contributed by atoms with Gasteiger partial charge < -0.3 is 10.1 Å². The van der Waals surface area contributed by atoms with Crippen LogP contribution in [0.3, 0.4) is 0 Å². The van der Waals surface area contributed by atoms with Crippen molar-refractivity contribution in [3.63, 3.8) is 0 Å². The van der Waals surface area contributed by atoms with Gasteiger partial charge in [-0.2, -0.15) is 0 Å². The van der Waals surface area contributed by atoms with Crippen LogP contribution >= 0.6 is 22.3 Å². The molecule has 1 aromatic rings. The Hall–Kier alpha value is -0.820. The molecule has 1 aromatic carbocycles. The molecule has 8 heteroatoms. The Morgan fingerprint density at radius 2 is 2.15 bits per heavy atom. The molecule has 0 saturated carbocycles. The summed E-state index contributed by atoms with van der Waals surface area (Å²) in [5.74, 6) is -0.412. The molecule has 1 aliphatic rings. The van der Waals surface area contributed by atoms with Crippen LogP contribution in [0.1, 0.15) is 23.2 Å². The lowest BCUT2D eigenvalue weighted by atomic mass is 10.2. The monoisotopic (exact) mass is 337 g/mol. The Labute approximate surface area is 126 Å². The van der Waals surface area contributed by atoms with Crippen LogP contribution in [0.2, 0.25) is 5.02 Å². The maximum atomic E-state index is 12.0. The van der Waals surface area contributed by atoms with Gasteiger partial charge in [-0.05, 0) is 31.0 Å². The molecule has 0 aliphatic carbocycles. The first-order valence-electron chi connectivity index (χ1n) is 6.01. The first-order valence-corrected chi connectivity index (χ1v) is 8.70. The largest absolute Gasteiger partial charge is 0.376 e. The van der Waals surface area contributed by atoms with Crippen molar-refractivity contribution in [2.75, 3.05) is 13.2 Å². The van der Waals surface area contributed by atoms with Gasteiger partial charge in [0.05, 0.1) is 11.0 Å². The molecule has 0 bridgehead atoms. The quantitative estimate of drug-likeness (QED) is 0.854. The highest BCUT2D eigenvalue weighted by molar-refractivity contribution is 8.13. The summed E-state index contributed by atoms with van der Waals surface area (Å²) in [6.07, 6.45) is 1.89. The van der Waals surface area contributed by atoms with Crippen LogP contribution in [0.4, 0.5) is 0 Å². The van der Waals surface area contributed by atoms with Gasteiger partial charge in [0.2, 0.25) is 0 Å². The number of halogens is 2. The third-order valence-corrected chi connectivity index (χ3v) is 4.48. The van der Waals surface area contributed by atoms with Gasteiger partial charge in [-0.15, -0.1) is 0 Å². The van der Waals surface area contributed by atoms with Crippen LogP contribution in [0.5, 0.6) is 0 Å². The highest BCUT2D eigenvalue weighted by atomic mass is 35.7. The van der Waals surface area contributed by atoms with E-state index in [9.17, 15) is 13.2 Å². The van der Waals surface area contributed by atoms with Gasteiger partial charge in [-0.1, -0.05) is 11.6 Å². The van der Waals surface area contributed by atoms with Crippen LogP contribution in [0.15, 0.2) is 23.1 Å². The van der Waals surface area contributed by atoms with E-state index in [0.717, 1.165) is 12.8 Å². The van der Waals surface area contributed by atoms with E-state index in [4.69, 9.17) is 27.0 Å². The maximum Gasteiger partial charge on any atom is 0.261 e. The number of amides is 1. The van der Waals surface area contributed by atoms with Crippen molar-refractivity contribution >= 4 is 37.2 Å². The van der Waals surface area contributed by atoms with E-state index in [1.807, 2.05) is 0 Å². The highest BCUT2D eigenvalue weighted by Crippen LogP contribution is 2.22. The summed E-state index contributed by atoms with van der Waals surface area (Å²) in [6.45, 7) is 1.08. The minimum absolute atomic E-state index is 0.00867. The van der Waals surface area contributed by atoms with Crippen molar-refractivity contribution in [3.8, 4) is 0 Å². The van der Waals surface area contributed by atoms with Crippen molar-refractivity contribution < 1.29 is 17.9 Å². The van der Waals surface area contributed by atoms with Crippen molar-refractivity contribution in [2.24, 2.45) is 0 Å². The smallest absolute Gasteiger partial charge is 0.261 e. The number of hydrogen-bond acceptors (Lipinski definition) is 4. The Bertz CT molecular complexity index is 612. The molecular weight excluding hydrogens is 325 g/mol. The minimum Gasteiger partial charge on any atom is -0.376 e. The molecule has 1 unspecified atom stereocenters. The predicted octanol–water partition coefficient (Wildman–Crippen LogP) is 2.18. The second-order valence-corrected chi connectivity index (χ2v) is 7.46. The van der Waals surface area contributed by atoms with Gasteiger partial charge in [0, 0.05) is 34.4 Å². The van der Waals surface area contributed by atoms with E-state index in [0.29, 0.717) is 13.2 Å². The lowest BCUT2D eigenvalue weighted by Gasteiger charge is -2.11. The molecule has 1 aliphatic heterocycles. The summed E-state index contributed by atoms with van der Waals surface area (Å²) in [7, 11) is 1.32. The average molecular weight is 338 g/mol. The summed E-state index contributed by atoms with van der Waals surface area (Å²) in [5.41, 5.74) is 0.148. The Balaban J connectivity index is 2.11. The molecule has 0 radical (unpaired) electrons. The van der Waals surface area contributed by atoms with E-state index in [-0.39, 0.29) is 21.6 Å². The van der Waals surface area contributed by atoms with Crippen LogP contribution in [-0.2, 0) is 13.8 Å². The third-order valence-electron chi connectivity index (χ3n) is 2.93. The minimum atomic E-state index is -3.93. The average Bonchev–Trinajstić information content (AvgIpc) is 2.87. The van der Waals surface area contributed by atoms with Crippen LogP contribution in [-0.4, -0.2) is 33.6 Å². The highest BCUT2D eigenvalue weighted by Gasteiger charge is 2.18. The van der Waals surface area contributed by atoms with E-state index < -0.39 is 15.0 Å². The van der Waals surface area contributed by atoms with Gasteiger partial charge in [-0.25, -0.2) is 8.42 Å². The Kier molecular flexibility index (Phi) is 4.90. The Morgan fingerprint density at radius 3 is 2.75 bits per heavy atom. The topological polar surface area (TPSA) is 72.5 Å². The predicted molar refractivity (Wildman–Crippen MR) is 75.8 cm³/mol. The van der Waals surface area contributed by atoms with Crippen molar-refractivity contribution in [2.45, 2.75) is 23.8 Å². The molecule has 1 heterocycles. The molecule has 1 saturated heterocycles. The zero-order valence-electron chi connectivity index (χ0n) is 10.4. The molecule has 1 atom stereocenters. The molecule has 20 heavy (non-hydrogen) atoms. The summed E-state index contributed by atoms with van der Waals surface area (Å²) in [4.78, 5) is 11.8. The number of carbonyl (C=O) groups is 1. The maximum absolute atomic E-state index is 12.0. The SMILES string of the molecule is O=C(NCC1CCCO1)c1cc(Cl)cc(S(=O)(=O)Cl)c1. The third kappa shape index (κ3) is 4.09. The first kappa shape index (κ1) is 15.6. The van der Waals surface area contributed by atoms with Crippen LogP contribution < -0.4 is 5.32 Å². The van der Waals surface area contributed by atoms with E-state index in [1.165, 1.54) is 18.2 Å². The standard InChI is InChI=1S/C12H13Cl2NO4S/c13-9-4-8(5-11(6-9)20(14,17)18)12(16)15-7-10-2-1-3-19-10/h4-6,10H,1-3,7H2,(H,15,16). The van der Waals surface area contributed by atoms with Gasteiger partial charge in [0.1, 0.15) is 0 Å². The van der Waals surface area contributed by atoms with E-state index in [2.05, 4.69) is 5.32 Å². The fourth-order valence-corrected chi connectivity index (χ4v) is 3.05. The normalized spacial score (nSPS) is 19.0. The fraction of sp³-hybridized carbons (Fsp3) is 0.417. The number of hydrogen-bond donors (Lipinski definition) is 1. The van der Waals surface area contributed by atoms with Gasteiger partial charge in [-0.3, -0.25) is 4.79 Å². The molecule has 2 rings (SSSR count). The summed E-state index contributed by atoms with van der Waals surface area (Å²) < 4.78 is 27.9. The number of benzene rings is 1. The summed E-state index contributed by atoms with van der Waals surface area (Å²) >= 11 is 5.80. The van der Waals surface area contributed by atoms with Crippen molar-refractivity contribution in [3.05, 3.63) is 28.8 Å². The van der Waals surface area contributed by atoms with E-state index in [1.54, 1.807) is 0 Å². The van der Waals surface area contributed by atoms with Gasteiger partial charge in [0.15, 0.2) is 0 Å². The first-order chi connectivity index (χ1) is 9.36. The molecule has 0 spiro atoms. The zero-order valence-corrected chi connectivity index (χ0v) is 12.8. The second kappa shape index (κ2) is 6.30. The summed E-state index contributed by atoms with van der Waals surface area (Å²) in [6, 6.07) is 3.78. The van der Waals surface area contributed by atoms with Crippen molar-refractivity contribution in [1.29, 1.82) is 0 Å². The molecule has 1 N–H and O–H groups in total. The summed E-state index contributed by atoms with van der Waals surface area (Å²) in [5, 5.41) is 2.82. The van der Waals surface area contributed by atoms with E-state index >= 15 is 0 Å². The lowest BCUT2D eigenvalue weighted by molar-refractivity contribution is 0.0857. The molecule has 1 fully saturated rings. The van der Waals surface area contributed by atoms with Gasteiger partial charge in [0.25, 0.3) is 15.0 Å². The number of ether oxygens (including phenoxy) is 1. The molecular formula is C12H13Cl2NO4S. The number of nitrogens with one attached hydrogen (secondary N) is 1. The van der Waals surface area contributed by atoms with Gasteiger partial charge >= 0.3 is 0 Å². The molecule has 1 amide bonds. The number of rotatable bonds is 4. The Morgan fingerprint density at radius 1 is 1.40 bits per heavy atom. The second-order valence-electron chi connectivity index (χ2n) is 4.46. The molecule has 110 valence electrons. The number of carbonyl (C=O) groups excluding carboxylic acids is 1.